The van der Waals surface area contributed by atoms with Gasteiger partial charge in [-0.05, 0) is 57.5 Å². The highest BCUT2D eigenvalue weighted by atomic mass is 32.1. The normalized spacial score (nSPS) is 10.8. The maximum Gasteiger partial charge on any atom is 0.412 e. The number of ether oxygens (including phenoxy) is 1. The SMILES string of the molecule is Cc1ccccc1C(=S)Nc1ccc(NC(=O)OC(C)(C)C)cc1. The standard InChI is InChI=1S/C19H22N2O2S/c1-13-7-5-6-8-16(13)17(24)20-14-9-11-15(12-10-14)21-18(22)23-19(2,3)4/h5-12H,1-4H3,(H,20,24)(H,21,22). The quantitative estimate of drug-likeness (QED) is 0.759. The first-order valence-electron chi connectivity index (χ1n) is 7.72. The number of thiocarbonyl (C=S) groups is 1. The predicted molar refractivity (Wildman–Crippen MR) is 103 cm³/mol. The number of nitrogens with one attached hydrogen (secondary N) is 2. The van der Waals surface area contributed by atoms with E-state index in [0.29, 0.717) is 10.7 Å². The van der Waals surface area contributed by atoms with Gasteiger partial charge in [-0.25, -0.2) is 4.79 Å². The number of benzene rings is 2. The Bertz CT molecular complexity index is 734. The maximum atomic E-state index is 11.7. The van der Waals surface area contributed by atoms with Crippen molar-refractivity contribution >= 4 is 34.7 Å². The number of aryl methyl sites for hydroxylation is 1. The number of carbonyl (C=O) groups excluding carboxylic acids is 1. The van der Waals surface area contributed by atoms with Crippen LogP contribution in [0, 0.1) is 6.92 Å². The molecule has 0 unspecified atom stereocenters. The number of carbonyl (C=O) groups is 1. The molecule has 0 radical (unpaired) electrons. The van der Waals surface area contributed by atoms with Crippen molar-refractivity contribution in [2.24, 2.45) is 0 Å². The zero-order valence-corrected chi connectivity index (χ0v) is 15.2. The van der Waals surface area contributed by atoms with Crippen LogP contribution in [0.4, 0.5) is 16.2 Å². The van der Waals surface area contributed by atoms with Crippen LogP contribution in [0.5, 0.6) is 0 Å². The van der Waals surface area contributed by atoms with Gasteiger partial charge in [0.2, 0.25) is 0 Å². The maximum absolute atomic E-state index is 11.7. The Hall–Kier alpha value is -2.40. The van der Waals surface area contributed by atoms with Crippen LogP contribution in [0.1, 0.15) is 31.9 Å². The molecule has 0 aromatic heterocycles. The van der Waals surface area contributed by atoms with Crippen LogP contribution in [0.15, 0.2) is 48.5 Å². The van der Waals surface area contributed by atoms with E-state index in [1.54, 1.807) is 12.1 Å². The van der Waals surface area contributed by atoms with Gasteiger partial charge >= 0.3 is 6.09 Å². The lowest BCUT2D eigenvalue weighted by atomic mass is 10.1. The molecule has 0 aliphatic carbocycles. The summed E-state index contributed by atoms with van der Waals surface area (Å²) in [5, 5.41) is 5.90. The second kappa shape index (κ2) is 7.45. The molecule has 0 atom stereocenters. The Kier molecular flexibility index (Phi) is 5.57. The number of amides is 1. The minimum Gasteiger partial charge on any atom is -0.444 e. The zero-order valence-electron chi connectivity index (χ0n) is 14.3. The van der Waals surface area contributed by atoms with Gasteiger partial charge < -0.3 is 10.1 Å². The fourth-order valence-corrected chi connectivity index (χ4v) is 2.43. The van der Waals surface area contributed by atoms with Gasteiger partial charge in [0.05, 0.1) is 0 Å². The van der Waals surface area contributed by atoms with E-state index >= 15 is 0 Å². The summed E-state index contributed by atoms with van der Waals surface area (Å²) in [4.78, 5) is 12.4. The summed E-state index contributed by atoms with van der Waals surface area (Å²) in [7, 11) is 0. The number of hydrogen-bond acceptors (Lipinski definition) is 3. The van der Waals surface area contributed by atoms with Crippen LogP contribution in [0.3, 0.4) is 0 Å². The minimum absolute atomic E-state index is 0.473. The summed E-state index contributed by atoms with van der Waals surface area (Å²) >= 11 is 5.45. The van der Waals surface area contributed by atoms with E-state index in [1.807, 2.05) is 64.1 Å². The summed E-state index contributed by atoms with van der Waals surface area (Å²) in [6, 6.07) is 15.3. The lowest BCUT2D eigenvalue weighted by molar-refractivity contribution is 0.0636. The highest BCUT2D eigenvalue weighted by Crippen LogP contribution is 2.17. The highest BCUT2D eigenvalue weighted by molar-refractivity contribution is 7.81. The van der Waals surface area contributed by atoms with Gasteiger partial charge in [0.15, 0.2) is 0 Å². The van der Waals surface area contributed by atoms with Crippen molar-refractivity contribution in [3.8, 4) is 0 Å². The molecule has 24 heavy (non-hydrogen) atoms. The molecule has 1 amide bonds. The van der Waals surface area contributed by atoms with E-state index in [9.17, 15) is 4.79 Å². The van der Waals surface area contributed by atoms with E-state index in [-0.39, 0.29) is 0 Å². The van der Waals surface area contributed by atoms with E-state index in [2.05, 4.69) is 10.6 Å². The van der Waals surface area contributed by atoms with Crippen LogP contribution in [0.25, 0.3) is 0 Å². The average Bonchev–Trinajstić information content (AvgIpc) is 2.47. The molecule has 2 rings (SSSR count). The molecule has 0 aliphatic heterocycles. The lowest BCUT2D eigenvalue weighted by Crippen LogP contribution is -2.27. The van der Waals surface area contributed by atoms with Gasteiger partial charge in [0.25, 0.3) is 0 Å². The molecule has 2 aromatic carbocycles. The number of rotatable bonds is 3. The second-order valence-electron chi connectivity index (χ2n) is 6.47. The van der Waals surface area contributed by atoms with Crippen LogP contribution in [-0.2, 0) is 4.74 Å². The molecule has 126 valence electrons. The van der Waals surface area contributed by atoms with Crippen molar-refractivity contribution in [1.82, 2.24) is 0 Å². The van der Waals surface area contributed by atoms with Crippen molar-refractivity contribution in [3.05, 3.63) is 59.7 Å². The topological polar surface area (TPSA) is 50.4 Å². The van der Waals surface area contributed by atoms with Crippen molar-refractivity contribution in [2.45, 2.75) is 33.3 Å². The van der Waals surface area contributed by atoms with E-state index in [0.717, 1.165) is 16.8 Å². The second-order valence-corrected chi connectivity index (χ2v) is 6.88. The van der Waals surface area contributed by atoms with Crippen LogP contribution >= 0.6 is 12.2 Å². The van der Waals surface area contributed by atoms with Crippen molar-refractivity contribution in [3.63, 3.8) is 0 Å². The average molecular weight is 342 g/mol. The summed E-state index contributed by atoms with van der Waals surface area (Å²) in [5.74, 6) is 0. The summed E-state index contributed by atoms with van der Waals surface area (Å²) in [6.45, 7) is 7.50. The molecule has 5 heteroatoms. The zero-order chi connectivity index (χ0) is 17.7. The first-order chi connectivity index (χ1) is 11.2. The van der Waals surface area contributed by atoms with E-state index in [1.165, 1.54) is 0 Å². The Labute approximate surface area is 148 Å². The fraction of sp³-hybridized carbons (Fsp3) is 0.263. The van der Waals surface area contributed by atoms with Crippen LogP contribution < -0.4 is 10.6 Å². The Morgan fingerprint density at radius 3 is 2.04 bits per heavy atom. The third-order valence-electron chi connectivity index (χ3n) is 3.18. The van der Waals surface area contributed by atoms with Crippen molar-refractivity contribution in [1.29, 1.82) is 0 Å². The van der Waals surface area contributed by atoms with Crippen molar-refractivity contribution in [2.75, 3.05) is 10.6 Å². The van der Waals surface area contributed by atoms with Gasteiger partial charge in [0.1, 0.15) is 10.6 Å². The first-order valence-corrected chi connectivity index (χ1v) is 8.12. The molecule has 0 fully saturated rings. The largest absolute Gasteiger partial charge is 0.444 e. The van der Waals surface area contributed by atoms with Gasteiger partial charge in [0, 0.05) is 16.9 Å². The summed E-state index contributed by atoms with van der Waals surface area (Å²) < 4.78 is 5.22. The van der Waals surface area contributed by atoms with Gasteiger partial charge in [-0.3, -0.25) is 5.32 Å². The molecule has 0 spiro atoms. The van der Waals surface area contributed by atoms with E-state index < -0.39 is 11.7 Å². The molecule has 2 N–H and O–H groups in total. The lowest BCUT2D eigenvalue weighted by Gasteiger charge is -2.19. The molecule has 0 saturated carbocycles. The van der Waals surface area contributed by atoms with Crippen molar-refractivity contribution < 1.29 is 9.53 Å². The van der Waals surface area contributed by atoms with E-state index in [4.69, 9.17) is 17.0 Å². The van der Waals surface area contributed by atoms with Gasteiger partial charge in [-0.2, -0.15) is 0 Å². The minimum atomic E-state index is -0.523. The fourth-order valence-electron chi connectivity index (χ4n) is 2.08. The first kappa shape index (κ1) is 17.9. The molecular formula is C19H22N2O2S. The molecule has 0 heterocycles. The monoisotopic (exact) mass is 342 g/mol. The predicted octanol–water partition coefficient (Wildman–Crippen LogP) is 5.13. The smallest absolute Gasteiger partial charge is 0.412 e. The highest BCUT2D eigenvalue weighted by Gasteiger charge is 2.16. The Morgan fingerprint density at radius 2 is 1.50 bits per heavy atom. The number of anilines is 2. The van der Waals surface area contributed by atoms with Gasteiger partial charge in [-0.15, -0.1) is 0 Å². The summed E-state index contributed by atoms with van der Waals surface area (Å²) in [6.07, 6.45) is -0.473. The summed E-state index contributed by atoms with van der Waals surface area (Å²) in [5.41, 5.74) is 3.13. The molecule has 2 aromatic rings. The van der Waals surface area contributed by atoms with Gasteiger partial charge in [-0.1, -0.05) is 36.5 Å². The third-order valence-corrected chi connectivity index (χ3v) is 3.50. The Morgan fingerprint density at radius 1 is 0.958 bits per heavy atom. The molecule has 4 nitrogen and oxygen atoms in total. The van der Waals surface area contributed by atoms with Crippen LogP contribution in [0.2, 0.25) is 0 Å². The third kappa shape index (κ3) is 5.35. The molecule has 0 aliphatic rings. The number of hydrogen-bond donors (Lipinski definition) is 2. The molecule has 0 saturated heterocycles. The molecular weight excluding hydrogens is 320 g/mol. The molecule has 0 bridgehead atoms. The Balaban J connectivity index is 1.98. The van der Waals surface area contributed by atoms with Crippen LogP contribution in [-0.4, -0.2) is 16.7 Å².